The number of fused-ring (bicyclic) bond motifs is 3. The highest BCUT2D eigenvalue weighted by atomic mass is 32.1. The van der Waals surface area contributed by atoms with Crippen molar-refractivity contribution in [3.63, 3.8) is 0 Å². The van der Waals surface area contributed by atoms with Crippen LogP contribution in [0.15, 0.2) is 48.9 Å². The van der Waals surface area contributed by atoms with Crippen LogP contribution >= 0.6 is 11.3 Å². The predicted molar refractivity (Wildman–Crippen MR) is 139 cm³/mol. The van der Waals surface area contributed by atoms with Gasteiger partial charge in [-0.05, 0) is 37.1 Å². The maximum absolute atomic E-state index is 13.3. The number of hydrogen-bond donors (Lipinski definition) is 0. The van der Waals surface area contributed by atoms with Gasteiger partial charge in [-0.25, -0.2) is 15.0 Å². The molecule has 6 rings (SSSR count). The molecule has 5 heterocycles. The van der Waals surface area contributed by atoms with E-state index in [-0.39, 0.29) is 5.92 Å². The van der Waals surface area contributed by atoms with Crippen molar-refractivity contribution >= 4 is 49.2 Å². The van der Waals surface area contributed by atoms with E-state index in [1.165, 1.54) is 0 Å². The average Bonchev–Trinajstić information content (AvgIpc) is 3.32. The highest BCUT2D eigenvalue weighted by molar-refractivity contribution is 7.25. The number of rotatable bonds is 4. The van der Waals surface area contributed by atoms with Crippen molar-refractivity contribution in [1.29, 1.82) is 0 Å². The van der Waals surface area contributed by atoms with E-state index in [2.05, 4.69) is 47.9 Å². The Morgan fingerprint density at radius 1 is 0.971 bits per heavy atom. The van der Waals surface area contributed by atoms with Gasteiger partial charge < -0.3 is 19.4 Å². The number of piperazine rings is 1. The number of pyridine rings is 1. The summed E-state index contributed by atoms with van der Waals surface area (Å²) in [6.45, 7) is 4.87. The van der Waals surface area contributed by atoms with E-state index >= 15 is 0 Å². The first kappa shape index (κ1) is 22.0. The Kier molecular flexibility index (Phi) is 5.85. The fourth-order valence-corrected chi connectivity index (χ4v) is 6.33. The number of nitrogens with zero attached hydrogens (tertiary/aromatic N) is 6. The number of thiophene rings is 1. The molecule has 9 heteroatoms. The van der Waals surface area contributed by atoms with Crippen LogP contribution in [0.4, 0.5) is 11.5 Å². The normalized spacial score (nSPS) is 17.3. The molecule has 0 N–H and O–H groups in total. The fraction of sp³-hybridized carbons (Fsp3) is 0.385. The van der Waals surface area contributed by atoms with Gasteiger partial charge in [0.15, 0.2) is 0 Å². The van der Waals surface area contributed by atoms with Gasteiger partial charge >= 0.3 is 0 Å². The largest absolute Gasteiger partial charge is 0.497 e. The summed E-state index contributed by atoms with van der Waals surface area (Å²) >= 11 is 1.65. The van der Waals surface area contributed by atoms with Gasteiger partial charge in [-0.1, -0.05) is 6.07 Å². The predicted octanol–water partition coefficient (Wildman–Crippen LogP) is 3.81. The van der Waals surface area contributed by atoms with Gasteiger partial charge in [-0.3, -0.25) is 4.79 Å². The molecule has 35 heavy (non-hydrogen) atoms. The Hall–Kier alpha value is -3.46. The highest BCUT2D eigenvalue weighted by Gasteiger charge is 2.31. The van der Waals surface area contributed by atoms with E-state index in [1.54, 1.807) is 24.8 Å². The van der Waals surface area contributed by atoms with Crippen molar-refractivity contribution in [1.82, 2.24) is 19.9 Å². The topological polar surface area (TPSA) is 74.7 Å². The van der Waals surface area contributed by atoms with Crippen LogP contribution in [0, 0.1) is 5.92 Å². The second-order valence-electron chi connectivity index (χ2n) is 9.11. The Balaban J connectivity index is 1.09. The maximum atomic E-state index is 13.3. The SMILES string of the molecule is COc1cccc(N2CCN(C(=O)C3CCN(c4ncnc5c4sc4ncccc45)CC3)CC2)c1. The third-order valence-electron chi connectivity index (χ3n) is 7.16. The molecular formula is C26H28N6O2S. The molecule has 0 radical (unpaired) electrons. The summed E-state index contributed by atoms with van der Waals surface area (Å²) < 4.78 is 6.44. The molecule has 2 aliphatic rings. The summed E-state index contributed by atoms with van der Waals surface area (Å²) in [5.74, 6) is 2.21. The zero-order valence-corrected chi connectivity index (χ0v) is 20.6. The monoisotopic (exact) mass is 488 g/mol. The summed E-state index contributed by atoms with van der Waals surface area (Å²) in [6, 6.07) is 12.2. The lowest BCUT2D eigenvalue weighted by atomic mass is 9.95. The zero-order valence-electron chi connectivity index (χ0n) is 19.8. The van der Waals surface area contributed by atoms with Crippen molar-refractivity contribution < 1.29 is 9.53 Å². The van der Waals surface area contributed by atoms with Gasteiger partial charge in [-0.2, -0.15) is 0 Å². The minimum Gasteiger partial charge on any atom is -0.497 e. The Labute approximate surface area is 208 Å². The number of amides is 1. The van der Waals surface area contributed by atoms with E-state index in [0.29, 0.717) is 5.91 Å². The minimum atomic E-state index is 0.0796. The molecule has 0 unspecified atom stereocenters. The number of piperidine rings is 1. The molecule has 4 aromatic rings. The number of methoxy groups -OCH3 is 1. The number of hydrogen-bond acceptors (Lipinski definition) is 8. The maximum Gasteiger partial charge on any atom is 0.225 e. The summed E-state index contributed by atoms with van der Waals surface area (Å²) in [5, 5.41) is 1.08. The lowest BCUT2D eigenvalue weighted by Crippen LogP contribution is -2.51. The number of benzene rings is 1. The zero-order chi connectivity index (χ0) is 23.8. The van der Waals surface area contributed by atoms with Crippen LogP contribution in [-0.4, -0.2) is 72.1 Å². The van der Waals surface area contributed by atoms with Gasteiger partial charge in [0.1, 0.15) is 22.7 Å². The van der Waals surface area contributed by atoms with Crippen LogP contribution in [0.5, 0.6) is 5.75 Å². The molecule has 0 aliphatic carbocycles. The molecule has 8 nitrogen and oxygen atoms in total. The summed E-state index contributed by atoms with van der Waals surface area (Å²) in [7, 11) is 1.69. The Morgan fingerprint density at radius 2 is 1.80 bits per heavy atom. The lowest BCUT2D eigenvalue weighted by molar-refractivity contribution is -0.136. The number of aromatic nitrogens is 3. The smallest absolute Gasteiger partial charge is 0.225 e. The van der Waals surface area contributed by atoms with Gasteiger partial charge in [-0.15, -0.1) is 11.3 Å². The first-order valence-corrected chi connectivity index (χ1v) is 12.9. The molecule has 180 valence electrons. The molecule has 0 atom stereocenters. The second-order valence-corrected chi connectivity index (χ2v) is 10.1. The number of carbonyl (C=O) groups is 1. The van der Waals surface area contributed by atoms with Crippen LogP contribution in [-0.2, 0) is 4.79 Å². The summed E-state index contributed by atoms with van der Waals surface area (Å²) in [4.78, 5) is 34.6. The lowest BCUT2D eigenvalue weighted by Gasteiger charge is -2.39. The van der Waals surface area contributed by atoms with Gasteiger partial charge in [0.05, 0.1) is 17.3 Å². The van der Waals surface area contributed by atoms with E-state index in [1.807, 2.05) is 24.4 Å². The molecule has 2 aliphatic heterocycles. The number of carbonyl (C=O) groups excluding carboxylic acids is 1. The van der Waals surface area contributed by atoms with Gasteiger partial charge in [0.2, 0.25) is 5.91 Å². The second kappa shape index (κ2) is 9.30. The van der Waals surface area contributed by atoms with Crippen molar-refractivity contribution in [3.05, 3.63) is 48.9 Å². The van der Waals surface area contributed by atoms with E-state index in [9.17, 15) is 4.79 Å². The fourth-order valence-electron chi connectivity index (χ4n) is 5.21. The van der Waals surface area contributed by atoms with Crippen molar-refractivity contribution in [2.45, 2.75) is 12.8 Å². The van der Waals surface area contributed by atoms with Crippen molar-refractivity contribution in [2.75, 3.05) is 56.2 Å². The highest BCUT2D eigenvalue weighted by Crippen LogP contribution is 2.37. The van der Waals surface area contributed by atoms with E-state index in [0.717, 1.165) is 89.8 Å². The number of anilines is 2. The summed E-state index contributed by atoms with van der Waals surface area (Å²) in [6.07, 6.45) is 5.17. The standard InChI is InChI=1S/C26H28N6O2S/c1-34-20-5-2-4-19(16-20)30-12-14-32(15-13-30)26(33)18-7-10-31(11-8-18)24-23-22(28-17-29-24)21-6-3-9-27-25(21)35-23/h2-6,9,16-18H,7-8,10-15H2,1H3. The van der Waals surface area contributed by atoms with Crippen LogP contribution in [0.2, 0.25) is 0 Å². The van der Waals surface area contributed by atoms with Crippen LogP contribution in [0.1, 0.15) is 12.8 Å². The molecule has 0 bridgehead atoms. The first-order valence-electron chi connectivity index (χ1n) is 12.1. The molecule has 1 amide bonds. The van der Waals surface area contributed by atoms with Crippen LogP contribution in [0.25, 0.3) is 20.4 Å². The van der Waals surface area contributed by atoms with Crippen LogP contribution < -0.4 is 14.5 Å². The van der Waals surface area contributed by atoms with Crippen LogP contribution in [0.3, 0.4) is 0 Å². The van der Waals surface area contributed by atoms with E-state index < -0.39 is 0 Å². The molecule has 3 aromatic heterocycles. The molecule has 2 saturated heterocycles. The molecular weight excluding hydrogens is 460 g/mol. The molecule has 0 spiro atoms. The third-order valence-corrected chi connectivity index (χ3v) is 8.26. The van der Waals surface area contributed by atoms with Crippen molar-refractivity contribution in [2.24, 2.45) is 5.92 Å². The molecule has 0 saturated carbocycles. The van der Waals surface area contributed by atoms with Gasteiger partial charge in [0, 0.05) is 68.5 Å². The molecule has 2 fully saturated rings. The van der Waals surface area contributed by atoms with Gasteiger partial charge in [0.25, 0.3) is 0 Å². The quantitative estimate of drug-likeness (QED) is 0.432. The minimum absolute atomic E-state index is 0.0796. The molecule has 1 aromatic carbocycles. The average molecular weight is 489 g/mol. The Morgan fingerprint density at radius 3 is 2.60 bits per heavy atom. The summed E-state index contributed by atoms with van der Waals surface area (Å²) in [5.41, 5.74) is 2.12. The third kappa shape index (κ3) is 4.14. The van der Waals surface area contributed by atoms with E-state index in [4.69, 9.17) is 4.74 Å². The van der Waals surface area contributed by atoms with Crippen molar-refractivity contribution in [3.8, 4) is 5.75 Å². The first-order chi connectivity index (χ1) is 17.2. The number of ether oxygens (including phenoxy) is 1. The Bertz CT molecular complexity index is 1360.